The molecule has 0 spiro atoms. The van der Waals surface area contributed by atoms with E-state index in [1.165, 1.54) is 6.42 Å². The van der Waals surface area contributed by atoms with Gasteiger partial charge in [-0.05, 0) is 25.7 Å². The van der Waals surface area contributed by atoms with Crippen LogP contribution in [0, 0.1) is 0 Å². The molecule has 0 heterocycles. The van der Waals surface area contributed by atoms with Gasteiger partial charge in [0.1, 0.15) is 0 Å². The minimum atomic E-state index is -0.663. The fraction of sp³-hybridized carbons (Fsp3) is 0.929. The van der Waals surface area contributed by atoms with Crippen LogP contribution in [0.2, 0.25) is 0 Å². The Bertz CT molecular complexity index is 292. The van der Waals surface area contributed by atoms with Crippen molar-refractivity contribution in [3.05, 3.63) is 0 Å². The predicted octanol–water partition coefficient (Wildman–Crippen LogP) is 1.46. The minimum absolute atomic E-state index is 0.000255. The van der Waals surface area contributed by atoms with Crippen LogP contribution in [-0.2, 0) is 4.79 Å². The third-order valence-corrected chi connectivity index (χ3v) is 4.51. The van der Waals surface area contributed by atoms with Gasteiger partial charge in [0.2, 0.25) is 5.91 Å². The zero-order valence-corrected chi connectivity index (χ0v) is 11.2. The standard InChI is InChI=1S/C14H26N2O2/c15-13(6-2-1-3-7-13)10-12(17)16-11-14(18)8-4-5-9-14/h18H,1-11,15H2,(H,16,17). The van der Waals surface area contributed by atoms with E-state index in [0.29, 0.717) is 13.0 Å². The molecule has 2 saturated carbocycles. The first kappa shape index (κ1) is 13.8. The van der Waals surface area contributed by atoms with Crippen LogP contribution in [0.25, 0.3) is 0 Å². The molecular formula is C14H26N2O2. The van der Waals surface area contributed by atoms with Crippen molar-refractivity contribution in [2.75, 3.05) is 6.54 Å². The second-order valence-electron chi connectivity index (χ2n) is 6.31. The first-order valence-electron chi connectivity index (χ1n) is 7.29. The lowest BCUT2D eigenvalue weighted by Gasteiger charge is -2.33. The molecule has 18 heavy (non-hydrogen) atoms. The molecule has 0 bridgehead atoms. The third kappa shape index (κ3) is 3.69. The second kappa shape index (κ2) is 5.57. The van der Waals surface area contributed by atoms with E-state index in [1.807, 2.05) is 0 Å². The number of rotatable bonds is 4. The van der Waals surface area contributed by atoms with E-state index in [-0.39, 0.29) is 11.4 Å². The summed E-state index contributed by atoms with van der Waals surface area (Å²) in [7, 11) is 0. The second-order valence-corrected chi connectivity index (χ2v) is 6.31. The van der Waals surface area contributed by atoms with Crippen LogP contribution in [0.5, 0.6) is 0 Å². The zero-order valence-electron chi connectivity index (χ0n) is 11.2. The first-order chi connectivity index (χ1) is 8.52. The SMILES string of the molecule is NC1(CC(=O)NCC2(O)CCCC2)CCCCC1. The highest BCUT2D eigenvalue weighted by molar-refractivity contribution is 5.77. The average molecular weight is 254 g/mol. The van der Waals surface area contributed by atoms with E-state index >= 15 is 0 Å². The number of nitrogens with one attached hydrogen (secondary N) is 1. The molecule has 1 amide bonds. The van der Waals surface area contributed by atoms with E-state index in [1.54, 1.807) is 0 Å². The predicted molar refractivity (Wildman–Crippen MR) is 71.0 cm³/mol. The van der Waals surface area contributed by atoms with E-state index in [2.05, 4.69) is 5.32 Å². The Kier molecular flexibility index (Phi) is 4.28. The molecule has 4 heteroatoms. The van der Waals surface area contributed by atoms with Crippen LogP contribution < -0.4 is 11.1 Å². The third-order valence-electron chi connectivity index (χ3n) is 4.51. The fourth-order valence-corrected chi connectivity index (χ4v) is 3.29. The Labute approximate surface area is 109 Å². The summed E-state index contributed by atoms with van der Waals surface area (Å²) in [5.41, 5.74) is 5.29. The number of aliphatic hydroxyl groups is 1. The highest BCUT2D eigenvalue weighted by Gasteiger charge is 2.33. The summed E-state index contributed by atoms with van der Waals surface area (Å²) in [6, 6.07) is 0. The van der Waals surface area contributed by atoms with Gasteiger partial charge in [-0.2, -0.15) is 0 Å². The van der Waals surface area contributed by atoms with Crippen molar-refractivity contribution in [3.8, 4) is 0 Å². The Morgan fingerprint density at radius 3 is 2.22 bits per heavy atom. The highest BCUT2D eigenvalue weighted by Crippen LogP contribution is 2.30. The van der Waals surface area contributed by atoms with Crippen molar-refractivity contribution in [2.24, 2.45) is 5.73 Å². The van der Waals surface area contributed by atoms with Gasteiger partial charge >= 0.3 is 0 Å². The van der Waals surface area contributed by atoms with Crippen molar-refractivity contribution < 1.29 is 9.90 Å². The Morgan fingerprint density at radius 2 is 1.61 bits per heavy atom. The molecule has 4 N–H and O–H groups in total. The van der Waals surface area contributed by atoms with E-state index in [9.17, 15) is 9.90 Å². The van der Waals surface area contributed by atoms with Gasteiger partial charge in [0.15, 0.2) is 0 Å². The van der Waals surface area contributed by atoms with E-state index in [4.69, 9.17) is 5.73 Å². The number of carbonyl (C=O) groups excluding carboxylic acids is 1. The van der Waals surface area contributed by atoms with Crippen LogP contribution in [0.15, 0.2) is 0 Å². The number of amides is 1. The Balaban J connectivity index is 1.74. The van der Waals surface area contributed by atoms with Gasteiger partial charge in [-0.25, -0.2) is 0 Å². The molecule has 0 aromatic carbocycles. The largest absolute Gasteiger partial charge is 0.388 e. The molecule has 2 aliphatic rings. The lowest BCUT2D eigenvalue weighted by Crippen LogP contribution is -2.48. The molecule has 2 rings (SSSR count). The van der Waals surface area contributed by atoms with Gasteiger partial charge in [-0.3, -0.25) is 4.79 Å². The molecule has 4 nitrogen and oxygen atoms in total. The monoisotopic (exact) mass is 254 g/mol. The zero-order chi connectivity index (χ0) is 13.1. The molecule has 0 atom stereocenters. The van der Waals surface area contributed by atoms with Gasteiger partial charge in [-0.15, -0.1) is 0 Å². The van der Waals surface area contributed by atoms with Crippen LogP contribution in [-0.4, -0.2) is 28.7 Å². The number of hydrogen-bond donors (Lipinski definition) is 3. The highest BCUT2D eigenvalue weighted by atomic mass is 16.3. The maximum absolute atomic E-state index is 11.9. The Hall–Kier alpha value is -0.610. The number of nitrogens with two attached hydrogens (primary N) is 1. The maximum atomic E-state index is 11.9. The summed E-state index contributed by atoms with van der Waals surface area (Å²) in [4.78, 5) is 11.9. The number of hydrogen-bond acceptors (Lipinski definition) is 3. The smallest absolute Gasteiger partial charge is 0.221 e. The molecular weight excluding hydrogens is 228 g/mol. The Morgan fingerprint density at radius 1 is 1.06 bits per heavy atom. The maximum Gasteiger partial charge on any atom is 0.221 e. The molecule has 0 aliphatic heterocycles. The van der Waals surface area contributed by atoms with Crippen LogP contribution >= 0.6 is 0 Å². The quantitative estimate of drug-likeness (QED) is 0.711. The minimum Gasteiger partial charge on any atom is -0.388 e. The summed E-state index contributed by atoms with van der Waals surface area (Å²) in [6.07, 6.45) is 9.54. The van der Waals surface area contributed by atoms with Gasteiger partial charge in [0.25, 0.3) is 0 Å². The van der Waals surface area contributed by atoms with Crippen molar-refractivity contribution in [1.82, 2.24) is 5.32 Å². The summed E-state index contributed by atoms with van der Waals surface area (Å²) < 4.78 is 0. The summed E-state index contributed by atoms with van der Waals surface area (Å²) in [5.74, 6) is -0.000255. The van der Waals surface area contributed by atoms with E-state index < -0.39 is 5.60 Å². The molecule has 2 aliphatic carbocycles. The van der Waals surface area contributed by atoms with Crippen LogP contribution in [0.4, 0.5) is 0 Å². The van der Waals surface area contributed by atoms with Crippen molar-refractivity contribution in [2.45, 2.75) is 75.3 Å². The molecule has 0 aromatic heterocycles. The van der Waals surface area contributed by atoms with Crippen LogP contribution in [0.1, 0.15) is 64.2 Å². The van der Waals surface area contributed by atoms with Crippen molar-refractivity contribution in [3.63, 3.8) is 0 Å². The summed E-state index contributed by atoms with van der Waals surface area (Å²) in [5, 5.41) is 13.0. The number of carbonyl (C=O) groups is 1. The molecule has 0 aromatic rings. The normalized spacial score (nSPS) is 25.9. The van der Waals surface area contributed by atoms with Crippen molar-refractivity contribution >= 4 is 5.91 Å². The molecule has 2 fully saturated rings. The summed E-state index contributed by atoms with van der Waals surface area (Å²) >= 11 is 0. The van der Waals surface area contributed by atoms with Gasteiger partial charge in [0, 0.05) is 18.5 Å². The first-order valence-corrected chi connectivity index (χ1v) is 7.29. The molecule has 0 radical (unpaired) electrons. The fourth-order valence-electron chi connectivity index (χ4n) is 3.29. The average Bonchev–Trinajstić information content (AvgIpc) is 2.75. The summed E-state index contributed by atoms with van der Waals surface area (Å²) in [6.45, 7) is 0.391. The lowest BCUT2D eigenvalue weighted by atomic mass is 9.80. The van der Waals surface area contributed by atoms with Gasteiger partial charge in [0.05, 0.1) is 5.60 Å². The molecule has 0 unspecified atom stereocenters. The van der Waals surface area contributed by atoms with Gasteiger partial charge < -0.3 is 16.2 Å². The molecule has 0 saturated heterocycles. The van der Waals surface area contributed by atoms with Crippen LogP contribution in [0.3, 0.4) is 0 Å². The molecule has 104 valence electrons. The van der Waals surface area contributed by atoms with Gasteiger partial charge in [-0.1, -0.05) is 32.1 Å². The van der Waals surface area contributed by atoms with Crippen molar-refractivity contribution in [1.29, 1.82) is 0 Å². The topological polar surface area (TPSA) is 75.4 Å². The lowest BCUT2D eigenvalue weighted by molar-refractivity contribution is -0.123. The van der Waals surface area contributed by atoms with E-state index in [0.717, 1.165) is 51.4 Å².